The summed E-state index contributed by atoms with van der Waals surface area (Å²) in [7, 11) is 0. The van der Waals surface area contributed by atoms with Crippen molar-refractivity contribution in [2.75, 3.05) is 6.54 Å². The molecule has 0 unspecified atom stereocenters. The third kappa shape index (κ3) is 5.89. The van der Waals surface area contributed by atoms with Gasteiger partial charge in [0, 0.05) is 12.1 Å². The van der Waals surface area contributed by atoms with Crippen LogP contribution in [0.2, 0.25) is 0 Å². The predicted molar refractivity (Wildman–Crippen MR) is 103 cm³/mol. The highest BCUT2D eigenvalue weighted by molar-refractivity contribution is 5.14. The van der Waals surface area contributed by atoms with Gasteiger partial charge in [0.15, 0.2) is 0 Å². The van der Waals surface area contributed by atoms with Crippen LogP contribution in [0, 0.1) is 11.8 Å². The highest BCUT2D eigenvalue weighted by atomic mass is 14.9. The lowest BCUT2D eigenvalue weighted by Gasteiger charge is -2.33. The molecule has 0 bridgehead atoms. The van der Waals surface area contributed by atoms with Crippen molar-refractivity contribution in [2.45, 2.75) is 82.7 Å². The second kappa shape index (κ2) is 9.58. The third-order valence-electron chi connectivity index (χ3n) is 6.32. The van der Waals surface area contributed by atoms with Gasteiger partial charge in [-0.15, -0.1) is 0 Å². The second-order valence-corrected chi connectivity index (χ2v) is 8.28. The first-order valence-corrected chi connectivity index (χ1v) is 10.3. The van der Waals surface area contributed by atoms with Crippen molar-refractivity contribution in [3.8, 4) is 0 Å². The molecule has 3 N–H and O–H groups in total. The van der Waals surface area contributed by atoms with Gasteiger partial charge in [0.25, 0.3) is 0 Å². The van der Waals surface area contributed by atoms with Crippen LogP contribution in [0.1, 0.15) is 69.8 Å². The van der Waals surface area contributed by atoms with E-state index in [9.17, 15) is 0 Å². The Bertz CT molecular complexity index is 442. The summed E-state index contributed by atoms with van der Waals surface area (Å²) in [5.41, 5.74) is 7.50. The molecule has 0 radical (unpaired) electrons. The van der Waals surface area contributed by atoms with Crippen LogP contribution in [0.5, 0.6) is 0 Å². The van der Waals surface area contributed by atoms with Crippen molar-refractivity contribution in [1.29, 1.82) is 0 Å². The van der Waals surface area contributed by atoms with Crippen molar-refractivity contribution in [3.05, 3.63) is 35.9 Å². The zero-order chi connectivity index (χ0) is 16.6. The Morgan fingerprint density at radius 1 is 0.833 bits per heavy atom. The van der Waals surface area contributed by atoms with Gasteiger partial charge >= 0.3 is 0 Å². The maximum Gasteiger partial charge on any atom is 0.00672 e. The quantitative estimate of drug-likeness (QED) is 0.714. The lowest BCUT2D eigenvalue weighted by molar-refractivity contribution is 0.215. The Morgan fingerprint density at radius 2 is 1.46 bits per heavy atom. The number of benzene rings is 1. The summed E-state index contributed by atoms with van der Waals surface area (Å²) in [4.78, 5) is 0. The molecule has 2 aliphatic rings. The molecule has 2 saturated carbocycles. The van der Waals surface area contributed by atoms with Crippen molar-refractivity contribution in [1.82, 2.24) is 5.32 Å². The number of hydrogen-bond acceptors (Lipinski definition) is 2. The number of hydrogen-bond donors (Lipinski definition) is 2. The molecule has 0 saturated heterocycles. The average molecular weight is 329 g/mol. The van der Waals surface area contributed by atoms with Crippen LogP contribution < -0.4 is 11.1 Å². The molecule has 2 nitrogen and oxygen atoms in total. The van der Waals surface area contributed by atoms with Gasteiger partial charge in [-0.3, -0.25) is 0 Å². The van der Waals surface area contributed by atoms with Crippen molar-refractivity contribution < 1.29 is 0 Å². The predicted octanol–water partition coefficient (Wildman–Crippen LogP) is 4.68. The lowest BCUT2D eigenvalue weighted by Crippen LogP contribution is -2.34. The van der Waals surface area contributed by atoms with Crippen LogP contribution in [-0.2, 0) is 6.42 Å². The van der Waals surface area contributed by atoms with Crippen molar-refractivity contribution >= 4 is 0 Å². The highest BCUT2D eigenvalue weighted by Gasteiger charge is 2.25. The SMILES string of the molecule is NC1CCC(CC2CCC(NCCCc3ccccc3)CC2)CC1. The van der Waals surface area contributed by atoms with Gasteiger partial charge in [-0.2, -0.15) is 0 Å². The van der Waals surface area contributed by atoms with Crippen LogP contribution >= 0.6 is 0 Å². The Morgan fingerprint density at radius 3 is 2.12 bits per heavy atom. The van der Waals surface area contributed by atoms with Crippen LogP contribution in [0.15, 0.2) is 30.3 Å². The first kappa shape index (κ1) is 17.9. The van der Waals surface area contributed by atoms with Crippen LogP contribution in [0.25, 0.3) is 0 Å². The standard InChI is InChI=1S/C22H36N2/c23-21-12-8-19(9-13-21)17-20-10-14-22(15-11-20)24-16-4-7-18-5-2-1-3-6-18/h1-3,5-6,19-22,24H,4,7-17,23H2. The van der Waals surface area contributed by atoms with E-state index >= 15 is 0 Å². The molecule has 1 aromatic carbocycles. The van der Waals surface area contributed by atoms with Crippen LogP contribution in [-0.4, -0.2) is 18.6 Å². The molecule has 0 heterocycles. The first-order valence-electron chi connectivity index (χ1n) is 10.3. The minimum Gasteiger partial charge on any atom is -0.328 e. The molecule has 0 atom stereocenters. The second-order valence-electron chi connectivity index (χ2n) is 8.28. The van der Waals surface area contributed by atoms with Crippen LogP contribution in [0.3, 0.4) is 0 Å². The van der Waals surface area contributed by atoms with E-state index in [0.717, 1.165) is 17.9 Å². The molecule has 134 valence electrons. The molecular weight excluding hydrogens is 292 g/mol. The Labute approximate surface area is 148 Å². The molecule has 0 amide bonds. The summed E-state index contributed by atoms with van der Waals surface area (Å²) in [6.07, 6.45) is 14.9. The van der Waals surface area contributed by atoms with E-state index in [1.165, 1.54) is 82.7 Å². The Hall–Kier alpha value is -0.860. The van der Waals surface area contributed by atoms with Gasteiger partial charge in [-0.1, -0.05) is 30.3 Å². The zero-order valence-corrected chi connectivity index (χ0v) is 15.3. The van der Waals surface area contributed by atoms with E-state index in [1.54, 1.807) is 0 Å². The Kier molecular flexibility index (Phi) is 7.16. The monoisotopic (exact) mass is 328 g/mol. The summed E-state index contributed by atoms with van der Waals surface area (Å²) in [6, 6.07) is 12.1. The van der Waals surface area contributed by atoms with Gasteiger partial charge in [-0.25, -0.2) is 0 Å². The maximum absolute atomic E-state index is 6.04. The van der Waals surface area contributed by atoms with E-state index in [0.29, 0.717) is 6.04 Å². The lowest BCUT2D eigenvalue weighted by atomic mass is 9.76. The van der Waals surface area contributed by atoms with E-state index < -0.39 is 0 Å². The minimum atomic E-state index is 0.497. The third-order valence-corrected chi connectivity index (χ3v) is 6.32. The number of nitrogens with two attached hydrogens (primary N) is 1. The number of nitrogens with one attached hydrogen (secondary N) is 1. The van der Waals surface area contributed by atoms with Gasteiger partial charge in [0.2, 0.25) is 0 Å². The molecule has 0 spiro atoms. The smallest absolute Gasteiger partial charge is 0.00672 e. The van der Waals surface area contributed by atoms with Gasteiger partial charge < -0.3 is 11.1 Å². The topological polar surface area (TPSA) is 38.0 Å². The van der Waals surface area contributed by atoms with Crippen LogP contribution in [0.4, 0.5) is 0 Å². The normalized spacial score (nSPS) is 31.0. The molecular formula is C22H36N2. The molecule has 0 aliphatic heterocycles. The summed E-state index contributed by atoms with van der Waals surface area (Å²) >= 11 is 0. The molecule has 2 fully saturated rings. The zero-order valence-electron chi connectivity index (χ0n) is 15.3. The largest absolute Gasteiger partial charge is 0.328 e. The van der Waals surface area contributed by atoms with E-state index in [2.05, 4.69) is 35.6 Å². The van der Waals surface area contributed by atoms with Gasteiger partial charge in [0.1, 0.15) is 0 Å². The fourth-order valence-electron chi connectivity index (χ4n) is 4.74. The van der Waals surface area contributed by atoms with Gasteiger partial charge in [0.05, 0.1) is 0 Å². The molecule has 3 rings (SSSR count). The summed E-state index contributed by atoms with van der Waals surface area (Å²) in [6.45, 7) is 1.17. The fraction of sp³-hybridized carbons (Fsp3) is 0.727. The maximum atomic E-state index is 6.04. The molecule has 1 aromatic rings. The molecule has 24 heavy (non-hydrogen) atoms. The Balaban J connectivity index is 1.25. The van der Waals surface area contributed by atoms with Crippen molar-refractivity contribution in [3.63, 3.8) is 0 Å². The molecule has 0 aromatic heterocycles. The van der Waals surface area contributed by atoms with E-state index in [-0.39, 0.29) is 0 Å². The van der Waals surface area contributed by atoms with Crippen molar-refractivity contribution in [2.24, 2.45) is 17.6 Å². The van der Waals surface area contributed by atoms with E-state index in [1.807, 2.05) is 0 Å². The van der Waals surface area contributed by atoms with Gasteiger partial charge in [-0.05, 0) is 94.6 Å². The first-order chi connectivity index (χ1) is 11.8. The summed E-state index contributed by atoms with van der Waals surface area (Å²) in [5.74, 6) is 1.97. The summed E-state index contributed by atoms with van der Waals surface area (Å²) in [5, 5.41) is 3.81. The molecule has 2 heteroatoms. The minimum absolute atomic E-state index is 0.497. The van der Waals surface area contributed by atoms with E-state index in [4.69, 9.17) is 5.73 Å². The molecule has 2 aliphatic carbocycles. The summed E-state index contributed by atoms with van der Waals surface area (Å²) < 4.78 is 0. The number of aryl methyl sites for hydroxylation is 1. The number of rotatable bonds is 7. The fourth-order valence-corrected chi connectivity index (χ4v) is 4.74. The average Bonchev–Trinajstić information content (AvgIpc) is 2.63. The highest BCUT2D eigenvalue weighted by Crippen LogP contribution is 2.35.